The van der Waals surface area contributed by atoms with Gasteiger partial charge in [0.25, 0.3) is 5.56 Å². The van der Waals surface area contributed by atoms with Crippen molar-refractivity contribution in [1.82, 2.24) is 9.55 Å². The van der Waals surface area contributed by atoms with Crippen LogP contribution in [0.15, 0.2) is 21.9 Å². The number of aromatic nitrogens is 2. The van der Waals surface area contributed by atoms with Crippen molar-refractivity contribution in [2.75, 3.05) is 0 Å². The van der Waals surface area contributed by atoms with Gasteiger partial charge in [0.05, 0.1) is 11.7 Å². The summed E-state index contributed by atoms with van der Waals surface area (Å²) >= 11 is 0. The molecule has 0 aromatic carbocycles. The number of ether oxygens (including phenoxy) is 1. The fraction of sp³-hybridized carbons (Fsp3) is 0.765. The van der Waals surface area contributed by atoms with Crippen LogP contribution in [0.1, 0.15) is 53.2 Å². The Kier molecular flexibility index (Phi) is 6.96. The van der Waals surface area contributed by atoms with Crippen LogP contribution in [0.4, 0.5) is 0 Å². The maximum Gasteiger partial charge on any atom is 0.359 e. The molecule has 2 rings (SSSR count). The van der Waals surface area contributed by atoms with E-state index in [2.05, 4.69) is 0 Å². The zero-order valence-corrected chi connectivity index (χ0v) is 17.7. The summed E-state index contributed by atoms with van der Waals surface area (Å²) in [4.78, 5) is 35.5. The first-order valence-corrected chi connectivity index (χ1v) is 10.9. The summed E-state index contributed by atoms with van der Waals surface area (Å²) in [6.45, 7) is 5.97. The largest absolute Gasteiger partial charge is 0.388 e. The number of H-pyrrole nitrogens is 1. The van der Waals surface area contributed by atoms with Crippen LogP contribution in [0.2, 0.25) is 0 Å². The lowest BCUT2D eigenvalue weighted by molar-refractivity contribution is -0.0714. The smallest absolute Gasteiger partial charge is 0.359 e. The average Bonchev–Trinajstić information content (AvgIpc) is 2.89. The Hall–Kier alpha value is -1.33. The van der Waals surface area contributed by atoms with E-state index in [4.69, 9.17) is 9.26 Å². The Morgan fingerprint density at radius 3 is 2.38 bits per heavy atom. The molecule has 1 aromatic heterocycles. The third kappa shape index (κ3) is 4.88. The lowest BCUT2D eigenvalue weighted by Crippen LogP contribution is -2.40. The molecule has 0 bridgehead atoms. The standard InChI is InChI=1S/C17H29N2O9P/c1-5-16(3,28-29(25,26)17(4,24)6-2)9-10-12(21)13(22)14(27-10)19-8-7-11(20)18-15(19)23/h7-8,10,12-14,21-22,24H,5-6,9H2,1-4H3,(H,25,26)(H,18,20,23)/t10-,12-,13-,14-,16?,17?/m1/s1. The minimum Gasteiger partial charge on any atom is -0.388 e. The number of hydrogen-bond donors (Lipinski definition) is 5. The molecule has 166 valence electrons. The molecule has 3 unspecified atom stereocenters. The van der Waals surface area contributed by atoms with Crippen LogP contribution in [0.3, 0.4) is 0 Å². The second-order valence-electron chi connectivity index (χ2n) is 7.75. The molecule has 12 heteroatoms. The highest BCUT2D eigenvalue weighted by Crippen LogP contribution is 2.59. The Balaban J connectivity index is 2.24. The van der Waals surface area contributed by atoms with E-state index >= 15 is 0 Å². The van der Waals surface area contributed by atoms with E-state index in [-0.39, 0.29) is 19.3 Å². The Morgan fingerprint density at radius 1 is 1.24 bits per heavy atom. The van der Waals surface area contributed by atoms with Gasteiger partial charge < -0.3 is 29.5 Å². The van der Waals surface area contributed by atoms with Gasteiger partial charge in [-0.15, -0.1) is 0 Å². The summed E-state index contributed by atoms with van der Waals surface area (Å²) in [5.41, 5.74) is -2.72. The minimum absolute atomic E-state index is 0.0148. The van der Waals surface area contributed by atoms with Crippen LogP contribution in [-0.2, 0) is 13.8 Å². The molecular formula is C17H29N2O9P. The summed E-state index contributed by atoms with van der Waals surface area (Å²) in [5.74, 6) is 0. The third-order valence-electron chi connectivity index (χ3n) is 5.47. The van der Waals surface area contributed by atoms with Gasteiger partial charge in [-0.05, 0) is 26.7 Å². The molecule has 0 saturated carbocycles. The quantitative estimate of drug-likeness (QED) is 0.353. The van der Waals surface area contributed by atoms with Gasteiger partial charge in [-0.25, -0.2) is 4.79 Å². The van der Waals surface area contributed by atoms with Crippen molar-refractivity contribution in [3.05, 3.63) is 33.1 Å². The number of aliphatic hydroxyl groups excluding tert-OH is 2. The number of hydrogen-bond acceptors (Lipinski definition) is 8. The summed E-state index contributed by atoms with van der Waals surface area (Å²) in [7, 11) is -4.45. The molecule has 1 aromatic rings. The van der Waals surface area contributed by atoms with Gasteiger partial charge in [-0.3, -0.25) is 18.9 Å². The fourth-order valence-electron chi connectivity index (χ4n) is 3.02. The van der Waals surface area contributed by atoms with Crippen molar-refractivity contribution in [3.63, 3.8) is 0 Å². The second kappa shape index (κ2) is 8.43. The number of aromatic amines is 1. The van der Waals surface area contributed by atoms with Gasteiger partial charge in [0.1, 0.15) is 12.2 Å². The molecule has 2 heterocycles. The predicted molar refractivity (Wildman–Crippen MR) is 102 cm³/mol. The highest BCUT2D eigenvalue weighted by Gasteiger charge is 2.50. The van der Waals surface area contributed by atoms with E-state index in [1.807, 2.05) is 4.98 Å². The molecule has 1 saturated heterocycles. The lowest BCUT2D eigenvalue weighted by atomic mass is 9.93. The van der Waals surface area contributed by atoms with Gasteiger partial charge >= 0.3 is 13.3 Å². The van der Waals surface area contributed by atoms with Gasteiger partial charge in [0.15, 0.2) is 11.6 Å². The SMILES string of the molecule is CCC(C)(C[C@H]1O[C@@H](n2ccc(=O)[nH]c2=O)[C@H](O)[C@@H]1O)OP(=O)(O)C(C)(O)CC. The van der Waals surface area contributed by atoms with Crippen molar-refractivity contribution in [2.24, 2.45) is 0 Å². The minimum atomic E-state index is -4.45. The van der Waals surface area contributed by atoms with Crippen LogP contribution in [0.5, 0.6) is 0 Å². The van der Waals surface area contributed by atoms with Crippen molar-refractivity contribution in [2.45, 2.75) is 82.4 Å². The molecule has 5 N–H and O–H groups in total. The summed E-state index contributed by atoms with van der Waals surface area (Å²) < 4.78 is 24.6. The number of rotatable bonds is 8. The molecule has 0 spiro atoms. The van der Waals surface area contributed by atoms with Crippen LogP contribution < -0.4 is 11.2 Å². The maximum atomic E-state index is 12.6. The molecular weight excluding hydrogens is 407 g/mol. The highest BCUT2D eigenvalue weighted by molar-refractivity contribution is 7.54. The molecule has 1 aliphatic heterocycles. The number of nitrogens with zero attached hydrogens (tertiary/aromatic N) is 1. The topological polar surface area (TPSA) is 171 Å². The van der Waals surface area contributed by atoms with E-state index in [0.717, 1.165) is 16.8 Å². The predicted octanol–water partition coefficient (Wildman–Crippen LogP) is 0.0351. The lowest BCUT2D eigenvalue weighted by Gasteiger charge is -2.37. The van der Waals surface area contributed by atoms with Crippen molar-refractivity contribution < 1.29 is 34.0 Å². The van der Waals surface area contributed by atoms with Crippen LogP contribution in [0, 0.1) is 0 Å². The van der Waals surface area contributed by atoms with Gasteiger partial charge in [-0.1, -0.05) is 13.8 Å². The van der Waals surface area contributed by atoms with Crippen LogP contribution >= 0.6 is 7.60 Å². The van der Waals surface area contributed by atoms with Gasteiger partial charge in [-0.2, -0.15) is 0 Å². The molecule has 0 radical (unpaired) electrons. The van der Waals surface area contributed by atoms with Crippen molar-refractivity contribution >= 4 is 7.60 Å². The number of aliphatic hydroxyl groups is 3. The monoisotopic (exact) mass is 436 g/mol. The van der Waals surface area contributed by atoms with Crippen molar-refractivity contribution in [1.29, 1.82) is 0 Å². The third-order valence-corrected chi connectivity index (χ3v) is 7.69. The summed E-state index contributed by atoms with van der Waals surface area (Å²) in [6.07, 6.45) is -3.93. The first-order valence-electron chi connectivity index (χ1n) is 9.36. The average molecular weight is 436 g/mol. The van der Waals surface area contributed by atoms with Crippen molar-refractivity contribution in [3.8, 4) is 0 Å². The number of nitrogens with one attached hydrogen (secondary N) is 1. The molecule has 1 fully saturated rings. The van der Waals surface area contributed by atoms with E-state index in [0.29, 0.717) is 0 Å². The maximum absolute atomic E-state index is 12.6. The Bertz CT molecular complexity index is 882. The Morgan fingerprint density at radius 2 is 1.86 bits per heavy atom. The zero-order valence-electron chi connectivity index (χ0n) is 16.8. The van der Waals surface area contributed by atoms with E-state index in [1.165, 1.54) is 13.8 Å². The molecule has 11 nitrogen and oxygen atoms in total. The molecule has 29 heavy (non-hydrogen) atoms. The van der Waals surface area contributed by atoms with E-state index < -0.39 is 54.3 Å². The summed E-state index contributed by atoms with van der Waals surface area (Å²) in [5, 5.41) is 29.0. The zero-order chi connectivity index (χ0) is 22.2. The van der Waals surface area contributed by atoms with Gasteiger partial charge in [0, 0.05) is 18.7 Å². The fourth-order valence-corrected chi connectivity index (χ4v) is 4.42. The van der Waals surface area contributed by atoms with E-state index in [9.17, 15) is 34.4 Å². The first kappa shape index (κ1) is 23.9. The first-order chi connectivity index (χ1) is 13.3. The van der Waals surface area contributed by atoms with Crippen LogP contribution in [-0.4, -0.2) is 59.0 Å². The van der Waals surface area contributed by atoms with Crippen LogP contribution in [0.25, 0.3) is 0 Å². The van der Waals surface area contributed by atoms with Gasteiger partial charge in [0.2, 0.25) is 0 Å². The molecule has 7 atom stereocenters. The molecule has 0 amide bonds. The second-order valence-corrected chi connectivity index (χ2v) is 9.94. The summed E-state index contributed by atoms with van der Waals surface area (Å²) in [6, 6.07) is 1.07. The normalized spacial score (nSPS) is 31.0. The molecule has 0 aliphatic carbocycles. The molecule has 1 aliphatic rings. The van der Waals surface area contributed by atoms with E-state index in [1.54, 1.807) is 13.8 Å². The highest BCUT2D eigenvalue weighted by atomic mass is 31.2. The Labute approximate surface area is 167 Å².